The minimum absolute atomic E-state index is 0.246. The summed E-state index contributed by atoms with van der Waals surface area (Å²) in [4.78, 5) is 0.278. The number of rotatable bonds is 16. The molecule has 0 heterocycles. The molecule has 1 aromatic carbocycles. The maximum atomic E-state index is 12.4. The van der Waals surface area contributed by atoms with Gasteiger partial charge in [0.1, 0.15) is 0 Å². The van der Waals surface area contributed by atoms with Gasteiger partial charge in [0, 0.05) is 0 Å². The van der Waals surface area contributed by atoms with Crippen molar-refractivity contribution in [2.24, 2.45) is 3.77 Å². The number of benzene rings is 1. The molecule has 1 aromatic rings. The molecule has 28 heavy (non-hydrogen) atoms. The van der Waals surface area contributed by atoms with Gasteiger partial charge in [-0.05, 0) is 30.4 Å². The lowest BCUT2D eigenvalue weighted by atomic mass is 9.89. The predicted octanol–water partition coefficient (Wildman–Crippen LogP) is 7.60. The number of unbranched alkanes of at least 4 members (excludes halogenated alkanes) is 9. The molecule has 0 saturated carbocycles. The Morgan fingerprint density at radius 1 is 0.857 bits per heavy atom. The third-order valence-electron chi connectivity index (χ3n) is 5.32. The fourth-order valence-corrected chi connectivity index (χ4v) is 5.32. The molecule has 4 nitrogen and oxygen atoms in total. The molecule has 0 saturated heterocycles. The molecule has 0 bridgehead atoms. The van der Waals surface area contributed by atoms with Crippen molar-refractivity contribution in [3.8, 4) is 0 Å². The molecule has 1 N–H and O–H groups in total. The summed E-state index contributed by atoms with van der Waals surface area (Å²) in [5, 5.41) is 0. The molecule has 6 heteroatoms. The predicted molar refractivity (Wildman–Crippen MR) is 120 cm³/mol. The SMILES string of the molecule is CCCCCCCCCCCCC(CCC)c1ccccc1S(=O)(=O)N=S=N. The molecule has 0 aromatic heterocycles. The first-order chi connectivity index (χ1) is 13.6. The Labute approximate surface area is 176 Å². The van der Waals surface area contributed by atoms with Crippen LogP contribution in [0.5, 0.6) is 0 Å². The van der Waals surface area contributed by atoms with Crippen LogP contribution in [0, 0.1) is 4.78 Å². The average molecular weight is 427 g/mol. The Morgan fingerprint density at radius 3 is 2.00 bits per heavy atom. The van der Waals surface area contributed by atoms with Gasteiger partial charge in [0.15, 0.2) is 0 Å². The van der Waals surface area contributed by atoms with Gasteiger partial charge >= 0.3 is 0 Å². The highest BCUT2D eigenvalue weighted by atomic mass is 32.2. The van der Waals surface area contributed by atoms with Crippen LogP contribution < -0.4 is 0 Å². The molecular weight excluding hydrogens is 388 g/mol. The second-order valence-electron chi connectivity index (χ2n) is 7.63. The Kier molecular flexibility index (Phi) is 13.3. The van der Waals surface area contributed by atoms with Crippen LogP contribution in [-0.2, 0) is 21.4 Å². The van der Waals surface area contributed by atoms with E-state index in [0.29, 0.717) is 0 Å². The van der Waals surface area contributed by atoms with Crippen LogP contribution in [0.4, 0.5) is 0 Å². The maximum absolute atomic E-state index is 12.4. The number of nitrogens with zero attached hydrogens (tertiary/aromatic N) is 1. The summed E-state index contributed by atoms with van der Waals surface area (Å²) in [7, 11) is -3.76. The third-order valence-corrected chi connectivity index (χ3v) is 7.33. The topological polar surface area (TPSA) is 70.3 Å². The van der Waals surface area contributed by atoms with Gasteiger partial charge in [-0.15, -0.1) is 0 Å². The van der Waals surface area contributed by atoms with Crippen LogP contribution in [0.25, 0.3) is 0 Å². The van der Waals surface area contributed by atoms with Crippen molar-refractivity contribution in [2.45, 2.75) is 108 Å². The van der Waals surface area contributed by atoms with Crippen molar-refractivity contribution < 1.29 is 8.42 Å². The van der Waals surface area contributed by atoms with Crippen molar-refractivity contribution in [1.82, 2.24) is 0 Å². The van der Waals surface area contributed by atoms with Gasteiger partial charge in [-0.1, -0.05) is 106 Å². The molecule has 0 radical (unpaired) electrons. The van der Waals surface area contributed by atoms with E-state index in [2.05, 4.69) is 17.6 Å². The van der Waals surface area contributed by atoms with Crippen molar-refractivity contribution in [1.29, 1.82) is 4.78 Å². The van der Waals surface area contributed by atoms with Crippen molar-refractivity contribution >= 4 is 21.4 Å². The molecule has 1 unspecified atom stereocenters. The zero-order valence-electron chi connectivity index (χ0n) is 17.7. The van der Waals surface area contributed by atoms with E-state index in [1.54, 1.807) is 12.1 Å². The lowest BCUT2D eigenvalue weighted by Gasteiger charge is -2.19. The third kappa shape index (κ3) is 9.46. The highest BCUT2D eigenvalue weighted by molar-refractivity contribution is 7.93. The number of sulfonamides is 1. The first kappa shape index (κ1) is 25.0. The van der Waals surface area contributed by atoms with Gasteiger partial charge < -0.3 is 0 Å². The summed E-state index contributed by atoms with van der Waals surface area (Å²) < 4.78 is 35.3. The molecule has 160 valence electrons. The fraction of sp³-hybridized carbons (Fsp3) is 0.727. The molecule has 0 spiro atoms. The number of hydrogen-bond donors (Lipinski definition) is 1. The highest BCUT2D eigenvalue weighted by Gasteiger charge is 2.22. The summed E-state index contributed by atoms with van der Waals surface area (Å²) in [6.07, 6.45) is 16.1. The van der Waals surface area contributed by atoms with E-state index < -0.39 is 10.0 Å². The van der Waals surface area contributed by atoms with Gasteiger partial charge in [0.2, 0.25) is 0 Å². The summed E-state index contributed by atoms with van der Waals surface area (Å²) in [5.74, 6) is 0.246. The molecule has 1 atom stereocenters. The largest absolute Gasteiger partial charge is 0.293 e. The normalized spacial score (nSPS) is 12.6. The molecular formula is C22H38N2O2S2. The van der Waals surface area contributed by atoms with Gasteiger partial charge in [0.25, 0.3) is 10.0 Å². The van der Waals surface area contributed by atoms with Crippen LogP contribution in [0.1, 0.15) is 109 Å². The standard InChI is InChI=1S/C22H38N2O2S2/c1-3-5-6-7-8-9-10-11-12-13-17-20(16-4-2)21-18-14-15-19-22(21)28(25,26)24-27-23/h14-15,18-20,23H,3-13,16-17H2,1-2H3. The fourth-order valence-electron chi connectivity index (χ4n) is 3.82. The minimum atomic E-state index is -3.76. The Hall–Kier alpha value is -1.01. The number of nitrogens with one attached hydrogen (secondary N) is 1. The van der Waals surface area contributed by atoms with E-state index in [-0.39, 0.29) is 22.2 Å². The van der Waals surface area contributed by atoms with Crippen LogP contribution in [0.2, 0.25) is 0 Å². The summed E-state index contributed by atoms with van der Waals surface area (Å²) >= 11 is 0.259. The van der Waals surface area contributed by atoms with E-state index in [1.165, 1.54) is 57.8 Å². The molecule has 0 aliphatic heterocycles. The Morgan fingerprint density at radius 2 is 1.43 bits per heavy atom. The summed E-state index contributed by atoms with van der Waals surface area (Å²) in [6.45, 7) is 4.40. The van der Waals surface area contributed by atoms with E-state index in [9.17, 15) is 8.42 Å². The second-order valence-corrected chi connectivity index (χ2v) is 9.80. The molecule has 1 rings (SSSR count). The quantitative estimate of drug-likeness (QED) is 0.276. The monoisotopic (exact) mass is 426 g/mol. The first-order valence-electron chi connectivity index (χ1n) is 11.0. The van der Waals surface area contributed by atoms with Gasteiger partial charge in [-0.25, -0.2) is 4.78 Å². The lowest BCUT2D eigenvalue weighted by Crippen LogP contribution is -2.07. The molecule has 0 fully saturated rings. The second kappa shape index (κ2) is 14.9. The van der Waals surface area contributed by atoms with Crippen molar-refractivity contribution in [3.05, 3.63) is 29.8 Å². The molecule has 0 aliphatic carbocycles. The Bertz CT molecular complexity index is 698. The minimum Gasteiger partial charge on any atom is -0.228 e. The highest BCUT2D eigenvalue weighted by Crippen LogP contribution is 2.32. The van der Waals surface area contributed by atoms with E-state index in [1.807, 2.05) is 12.1 Å². The van der Waals surface area contributed by atoms with Crippen LogP contribution in [0.15, 0.2) is 32.9 Å². The van der Waals surface area contributed by atoms with Gasteiger partial charge in [-0.3, -0.25) is 0 Å². The van der Waals surface area contributed by atoms with Crippen LogP contribution in [0.3, 0.4) is 0 Å². The van der Waals surface area contributed by atoms with E-state index in [0.717, 1.165) is 31.2 Å². The summed E-state index contributed by atoms with van der Waals surface area (Å²) in [5.41, 5.74) is 0.873. The van der Waals surface area contributed by atoms with Gasteiger partial charge in [0.05, 0.1) is 16.3 Å². The van der Waals surface area contributed by atoms with Crippen LogP contribution >= 0.6 is 0 Å². The number of hydrogen-bond acceptors (Lipinski definition) is 3. The van der Waals surface area contributed by atoms with E-state index in [4.69, 9.17) is 4.78 Å². The summed E-state index contributed by atoms with van der Waals surface area (Å²) in [6, 6.07) is 7.20. The maximum Gasteiger partial charge on any atom is 0.293 e. The van der Waals surface area contributed by atoms with Gasteiger partial charge in [-0.2, -0.15) is 8.42 Å². The van der Waals surface area contributed by atoms with Crippen molar-refractivity contribution in [2.75, 3.05) is 0 Å². The molecule has 0 amide bonds. The average Bonchev–Trinajstić information content (AvgIpc) is 2.68. The first-order valence-corrected chi connectivity index (χ1v) is 13.2. The smallest absolute Gasteiger partial charge is 0.228 e. The zero-order valence-corrected chi connectivity index (χ0v) is 19.3. The Balaban J connectivity index is 2.53. The van der Waals surface area contributed by atoms with E-state index >= 15 is 0 Å². The van der Waals surface area contributed by atoms with Crippen molar-refractivity contribution in [3.63, 3.8) is 0 Å². The van der Waals surface area contributed by atoms with Crippen LogP contribution in [-0.4, -0.2) is 8.42 Å². The lowest BCUT2D eigenvalue weighted by molar-refractivity contribution is 0.499. The molecule has 0 aliphatic rings. The zero-order chi connectivity index (χ0) is 20.7.